The molecule has 1 aromatic rings. The second-order valence-electron chi connectivity index (χ2n) is 6.19. The molecule has 4 heteroatoms. The van der Waals surface area contributed by atoms with Crippen LogP contribution >= 0.6 is 15.9 Å². The van der Waals surface area contributed by atoms with Crippen LogP contribution in [0.15, 0.2) is 16.6 Å². The zero-order valence-corrected chi connectivity index (χ0v) is 14.8. The van der Waals surface area contributed by atoms with E-state index >= 15 is 0 Å². The van der Waals surface area contributed by atoms with Crippen LogP contribution in [0.3, 0.4) is 0 Å². The Bertz CT molecular complexity index is 493. The third-order valence-electron chi connectivity index (χ3n) is 4.38. The van der Waals surface area contributed by atoms with E-state index in [9.17, 15) is 4.79 Å². The lowest BCUT2D eigenvalue weighted by molar-refractivity contribution is -0.127. The Balaban J connectivity index is 2.19. The fourth-order valence-electron chi connectivity index (χ4n) is 3.25. The highest BCUT2D eigenvalue weighted by Crippen LogP contribution is 2.34. The van der Waals surface area contributed by atoms with Crippen molar-refractivity contribution < 1.29 is 4.79 Å². The van der Waals surface area contributed by atoms with Gasteiger partial charge in [0.25, 0.3) is 0 Å². The van der Waals surface area contributed by atoms with Crippen molar-refractivity contribution in [1.82, 2.24) is 5.32 Å². The SMILES string of the molecule is CCCC1(C(=O)Nc2cc(C)c(Br)c(C)c2)CCCNC1. The summed E-state index contributed by atoms with van der Waals surface area (Å²) in [6.45, 7) is 8.07. The molecule has 0 bridgehead atoms. The van der Waals surface area contributed by atoms with Crippen LogP contribution in [0.5, 0.6) is 0 Å². The number of halogens is 1. The highest BCUT2D eigenvalue weighted by molar-refractivity contribution is 9.10. The fourth-order valence-corrected chi connectivity index (χ4v) is 3.48. The molecule has 0 radical (unpaired) electrons. The molecule has 116 valence electrons. The molecule has 1 aliphatic rings. The Hall–Kier alpha value is -0.870. The Morgan fingerprint density at radius 3 is 2.57 bits per heavy atom. The molecule has 1 amide bonds. The Labute approximate surface area is 136 Å². The molecule has 1 aromatic carbocycles. The minimum Gasteiger partial charge on any atom is -0.326 e. The molecular weight excluding hydrogens is 328 g/mol. The summed E-state index contributed by atoms with van der Waals surface area (Å²) in [5.41, 5.74) is 2.95. The normalized spacial score (nSPS) is 22.1. The average Bonchev–Trinajstić information content (AvgIpc) is 2.46. The maximum atomic E-state index is 12.8. The van der Waals surface area contributed by atoms with Gasteiger partial charge in [-0.2, -0.15) is 0 Å². The number of carbonyl (C=O) groups is 1. The molecule has 0 aromatic heterocycles. The number of anilines is 1. The number of amides is 1. The third-order valence-corrected chi connectivity index (χ3v) is 5.63. The van der Waals surface area contributed by atoms with E-state index < -0.39 is 0 Å². The van der Waals surface area contributed by atoms with Crippen molar-refractivity contribution in [3.8, 4) is 0 Å². The summed E-state index contributed by atoms with van der Waals surface area (Å²) in [5.74, 6) is 0.165. The zero-order valence-electron chi connectivity index (χ0n) is 13.2. The van der Waals surface area contributed by atoms with Crippen molar-refractivity contribution in [1.29, 1.82) is 0 Å². The van der Waals surface area contributed by atoms with E-state index in [0.29, 0.717) is 0 Å². The predicted molar refractivity (Wildman–Crippen MR) is 91.7 cm³/mol. The number of benzene rings is 1. The molecule has 1 aliphatic heterocycles. The van der Waals surface area contributed by atoms with Crippen LogP contribution in [0.1, 0.15) is 43.7 Å². The standard InChI is InChI=1S/C17H25BrN2O/c1-4-6-17(7-5-8-19-11-17)16(21)20-14-9-12(2)15(18)13(3)10-14/h9-10,19H,4-8,11H2,1-3H3,(H,20,21). The van der Waals surface area contributed by atoms with Gasteiger partial charge >= 0.3 is 0 Å². The number of piperidine rings is 1. The molecule has 1 atom stereocenters. The number of hydrogen-bond donors (Lipinski definition) is 2. The number of carbonyl (C=O) groups excluding carboxylic acids is 1. The number of aryl methyl sites for hydroxylation is 2. The maximum absolute atomic E-state index is 12.8. The molecule has 0 saturated carbocycles. The maximum Gasteiger partial charge on any atom is 0.231 e. The number of nitrogens with one attached hydrogen (secondary N) is 2. The minimum atomic E-state index is -0.248. The monoisotopic (exact) mass is 352 g/mol. The van der Waals surface area contributed by atoms with Gasteiger partial charge in [-0.1, -0.05) is 29.3 Å². The van der Waals surface area contributed by atoms with Crippen molar-refractivity contribution in [3.05, 3.63) is 27.7 Å². The molecular formula is C17H25BrN2O. The van der Waals surface area contributed by atoms with Crippen LogP contribution in [0.2, 0.25) is 0 Å². The van der Waals surface area contributed by atoms with Gasteiger partial charge in [0, 0.05) is 16.7 Å². The molecule has 2 N–H and O–H groups in total. The smallest absolute Gasteiger partial charge is 0.231 e. The Kier molecular flexibility index (Phi) is 5.44. The van der Waals surface area contributed by atoms with E-state index in [4.69, 9.17) is 0 Å². The summed E-state index contributed by atoms with van der Waals surface area (Å²) < 4.78 is 1.11. The molecule has 0 spiro atoms. The van der Waals surface area contributed by atoms with Gasteiger partial charge in [-0.25, -0.2) is 0 Å². The van der Waals surface area contributed by atoms with Crippen molar-refractivity contribution >= 4 is 27.5 Å². The van der Waals surface area contributed by atoms with Crippen molar-refractivity contribution in [3.63, 3.8) is 0 Å². The van der Waals surface area contributed by atoms with Crippen LogP contribution in [0.25, 0.3) is 0 Å². The lowest BCUT2D eigenvalue weighted by atomic mass is 9.76. The molecule has 21 heavy (non-hydrogen) atoms. The van der Waals surface area contributed by atoms with E-state index in [2.05, 4.69) is 47.3 Å². The van der Waals surface area contributed by atoms with Crippen molar-refractivity contribution in [2.24, 2.45) is 5.41 Å². The highest BCUT2D eigenvalue weighted by Gasteiger charge is 2.38. The minimum absolute atomic E-state index is 0.165. The Morgan fingerprint density at radius 2 is 2.05 bits per heavy atom. The summed E-state index contributed by atoms with van der Waals surface area (Å²) in [5, 5.41) is 6.54. The summed E-state index contributed by atoms with van der Waals surface area (Å²) in [6, 6.07) is 4.07. The molecule has 1 heterocycles. The predicted octanol–water partition coefficient (Wildman–Crippen LogP) is 4.17. The van der Waals surface area contributed by atoms with Gasteiger partial charge in [-0.15, -0.1) is 0 Å². The van der Waals surface area contributed by atoms with Gasteiger partial charge in [0.1, 0.15) is 0 Å². The summed E-state index contributed by atoms with van der Waals surface area (Å²) in [4.78, 5) is 12.8. The molecule has 1 fully saturated rings. The van der Waals surface area contributed by atoms with Crippen LogP contribution in [0, 0.1) is 19.3 Å². The molecule has 1 saturated heterocycles. The summed E-state index contributed by atoms with van der Waals surface area (Å²) in [6.07, 6.45) is 4.04. The summed E-state index contributed by atoms with van der Waals surface area (Å²) >= 11 is 3.57. The van der Waals surface area contributed by atoms with Gasteiger partial charge in [0.15, 0.2) is 0 Å². The molecule has 2 rings (SSSR count). The van der Waals surface area contributed by atoms with E-state index in [1.807, 2.05) is 12.1 Å². The summed E-state index contributed by atoms with van der Waals surface area (Å²) in [7, 11) is 0. The highest BCUT2D eigenvalue weighted by atomic mass is 79.9. The van der Waals surface area contributed by atoms with Gasteiger partial charge < -0.3 is 10.6 Å². The second kappa shape index (κ2) is 6.93. The first kappa shape index (κ1) is 16.5. The molecule has 3 nitrogen and oxygen atoms in total. The third kappa shape index (κ3) is 3.67. The van der Waals surface area contributed by atoms with Gasteiger partial charge in [-0.3, -0.25) is 4.79 Å². The lowest BCUT2D eigenvalue weighted by Crippen LogP contribution is -2.48. The molecule has 0 aliphatic carbocycles. The topological polar surface area (TPSA) is 41.1 Å². The van der Waals surface area contributed by atoms with Crippen LogP contribution in [-0.4, -0.2) is 19.0 Å². The van der Waals surface area contributed by atoms with Crippen LogP contribution < -0.4 is 10.6 Å². The first-order valence-electron chi connectivity index (χ1n) is 7.77. The van der Waals surface area contributed by atoms with E-state index in [1.165, 1.54) is 0 Å². The number of hydrogen-bond acceptors (Lipinski definition) is 2. The largest absolute Gasteiger partial charge is 0.326 e. The van der Waals surface area contributed by atoms with Crippen LogP contribution in [-0.2, 0) is 4.79 Å². The Morgan fingerprint density at radius 1 is 1.38 bits per heavy atom. The quantitative estimate of drug-likeness (QED) is 0.853. The second-order valence-corrected chi connectivity index (χ2v) is 6.98. The number of rotatable bonds is 4. The van der Waals surface area contributed by atoms with Crippen molar-refractivity contribution in [2.45, 2.75) is 46.5 Å². The average molecular weight is 353 g/mol. The van der Waals surface area contributed by atoms with E-state index in [1.54, 1.807) is 0 Å². The van der Waals surface area contributed by atoms with E-state index in [0.717, 1.165) is 60.1 Å². The zero-order chi connectivity index (χ0) is 15.5. The van der Waals surface area contributed by atoms with Crippen molar-refractivity contribution in [2.75, 3.05) is 18.4 Å². The van der Waals surface area contributed by atoms with Gasteiger partial charge in [-0.05, 0) is 62.9 Å². The first-order chi connectivity index (χ1) is 9.98. The first-order valence-corrected chi connectivity index (χ1v) is 8.57. The fraction of sp³-hybridized carbons (Fsp3) is 0.588. The lowest BCUT2D eigenvalue weighted by Gasteiger charge is -2.36. The van der Waals surface area contributed by atoms with Gasteiger partial charge in [0.05, 0.1) is 5.41 Å². The van der Waals surface area contributed by atoms with Gasteiger partial charge in [0.2, 0.25) is 5.91 Å². The van der Waals surface area contributed by atoms with Crippen LogP contribution in [0.4, 0.5) is 5.69 Å². The van der Waals surface area contributed by atoms with E-state index in [-0.39, 0.29) is 11.3 Å². The molecule has 1 unspecified atom stereocenters.